The first-order chi connectivity index (χ1) is 10.6. The molecule has 1 amide bonds. The van der Waals surface area contributed by atoms with E-state index in [4.69, 9.17) is 4.74 Å². The lowest BCUT2D eigenvalue weighted by Crippen LogP contribution is -2.34. The molecule has 5 heteroatoms. The van der Waals surface area contributed by atoms with Crippen LogP contribution in [-0.2, 0) is 6.42 Å². The zero-order valence-electron chi connectivity index (χ0n) is 12.8. The maximum absolute atomic E-state index is 12.1. The molecule has 1 N–H and O–H groups in total. The summed E-state index contributed by atoms with van der Waals surface area (Å²) in [6.07, 6.45) is 0.963. The first-order valence-electron chi connectivity index (χ1n) is 7.37. The lowest BCUT2D eigenvalue weighted by atomic mass is 10.0. The van der Waals surface area contributed by atoms with Crippen LogP contribution in [0.1, 0.15) is 27.5 Å². The van der Waals surface area contributed by atoms with E-state index in [0.717, 1.165) is 24.3 Å². The van der Waals surface area contributed by atoms with E-state index in [1.807, 2.05) is 37.0 Å². The molecule has 0 aliphatic carbocycles. The number of carbonyl (C=O) groups is 1. The molecule has 0 saturated carbocycles. The number of carbonyl (C=O) groups excluding carboxylic acids is 1. The number of thiophene rings is 1. The van der Waals surface area contributed by atoms with Crippen molar-refractivity contribution in [3.8, 4) is 5.75 Å². The summed E-state index contributed by atoms with van der Waals surface area (Å²) in [6.45, 7) is 1.35. The van der Waals surface area contributed by atoms with Gasteiger partial charge in [-0.1, -0.05) is 12.1 Å². The average Bonchev–Trinajstić information content (AvgIpc) is 3.17. The molecule has 1 aromatic carbocycles. The third-order valence-electron chi connectivity index (χ3n) is 3.96. The van der Waals surface area contributed by atoms with E-state index >= 15 is 0 Å². The molecular formula is C17H20N2O2S. The number of rotatable bonds is 5. The Morgan fingerprint density at radius 2 is 2.27 bits per heavy atom. The van der Waals surface area contributed by atoms with Crippen molar-refractivity contribution < 1.29 is 9.53 Å². The molecule has 0 spiro atoms. The van der Waals surface area contributed by atoms with Crippen molar-refractivity contribution in [1.82, 2.24) is 10.2 Å². The summed E-state index contributed by atoms with van der Waals surface area (Å²) in [5, 5.41) is 6.81. The Morgan fingerprint density at radius 1 is 1.41 bits per heavy atom. The minimum atomic E-state index is -0.0161. The molecule has 1 aliphatic heterocycles. The third kappa shape index (κ3) is 3.15. The molecule has 0 unspecified atom stereocenters. The lowest BCUT2D eigenvalue weighted by Gasteiger charge is -2.25. The van der Waals surface area contributed by atoms with Crippen molar-refractivity contribution in [3.63, 3.8) is 0 Å². The second-order valence-electron chi connectivity index (χ2n) is 5.67. The van der Waals surface area contributed by atoms with Gasteiger partial charge in [0.1, 0.15) is 5.75 Å². The van der Waals surface area contributed by atoms with Gasteiger partial charge in [0.05, 0.1) is 12.6 Å². The van der Waals surface area contributed by atoms with E-state index in [2.05, 4.69) is 22.3 Å². The first-order valence-corrected chi connectivity index (χ1v) is 8.32. The number of fused-ring (bicyclic) bond motifs is 1. The van der Waals surface area contributed by atoms with Crippen LogP contribution in [0.4, 0.5) is 0 Å². The number of likely N-dealkylation sites (N-methyl/N-ethyl adjacent to an activating group) is 1. The fraction of sp³-hybridized carbons (Fsp3) is 0.353. The van der Waals surface area contributed by atoms with Gasteiger partial charge in [-0.05, 0) is 42.7 Å². The highest BCUT2D eigenvalue weighted by Crippen LogP contribution is 2.29. The summed E-state index contributed by atoms with van der Waals surface area (Å²) in [7, 11) is 4.07. The summed E-state index contributed by atoms with van der Waals surface area (Å²) in [6, 6.07) is 8.31. The van der Waals surface area contributed by atoms with Crippen molar-refractivity contribution in [2.24, 2.45) is 0 Å². The number of hydrogen-bond donors (Lipinski definition) is 1. The molecule has 116 valence electrons. The maximum Gasteiger partial charge on any atom is 0.252 e. The SMILES string of the molecule is CN(C)[C@H](CNC(=O)c1ccsc1)c1ccc2c(c1)CCO2. The van der Waals surface area contributed by atoms with E-state index < -0.39 is 0 Å². The van der Waals surface area contributed by atoms with Gasteiger partial charge in [-0.2, -0.15) is 11.3 Å². The van der Waals surface area contributed by atoms with Gasteiger partial charge in [-0.3, -0.25) is 4.79 Å². The number of ether oxygens (including phenoxy) is 1. The summed E-state index contributed by atoms with van der Waals surface area (Å²) in [4.78, 5) is 14.2. The van der Waals surface area contributed by atoms with E-state index in [1.165, 1.54) is 22.5 Å². The predicted octanol–water partition coefficient (Wildman–Crippen LogP) is 2.72. The van der Waals surface area contributed by atoms with Gasteiger partial charge in [-0.15, -0.1) is 0 Å². The van der Waals surface area contributed by atoms with Gasteiger partial charge in [0.15, 0.2) is 0 Å². The fourth-order valence-electron chi connectivity index (χ4n) is 2.70. The van der Waals surface area contributed by atoms with Crippen LogP contribution in [0.15, 0.2) is 35.0 Å². The predicted molar refractivity (Wildman–Crippen MR) is 88.7 cm³/mol. The number of hydrogen-bond acceptors (Lipinski definition) is 4. The van der Waals surface area contributed by atoms with E-state index in [9.17, 15) is 4.79 Å². The van der Waals surface area contributed by atoms with Crippen LogP contribution in [0.3, 0.4) is 0 Å². The third-order valence-corrected chi connectivity index (χ3v) is 4.64. The molecule has 2 aromatic rings. The number of benzene rings is 1. The molecule has 1 aromatic heterocycles. The Kier molecular flexibility index (Phi) is 4.45. The molecule has 1 aliphatic rings. The maximum atomic E-state index is 12.1. The second-order valence-corrected chi connectivity index (χ2v) is 6.45. The Bertz CT molecular complexity index is 653. The molecule has 0 bridgehead atoms. The van der Waals surface area contributed by atoms with E-state index in [0.29, 0.717) is 6.54 Å². The average molecular weight is 316 g/mol. The quantitative estimate of drug-likeness (QED) is 0.922. The van der Waals surface area contributed by atoms with Gasteiger partial charge >= 0.3 is 0 Å². The topological polar surface area (TPSA) is 41.6 Å². The summed E-state index contributed by atoms with van der Waals surface area (Å²) in [5.41, 5.74) is 3.19. The molecular weight excluding hydrogens is 296 g/mol. The zero-order chi connectivity index (χ0) is 15.5. The Balaban J connectivity index is 1.71. The van der Waals surface area contributed by atoms with E-state index in [1.54, 1.807) is 0 Å². The summed E-state index contributed by atoms with van der Waals surface area (Å²) >= 11 is 1.53. The van der Waals surface area contributed by atoms with Crippen LogP contribution in [0.5, 0.6) is 5.75 Å². The highest BCUT2D eigenvalue weighted by Gasteiger charge is 2.19. The van der Waals surface area contributed by atoms with Crippen LogP contribution in [0.25, 0.3) is 0 Å². The molecule has 1 atom stereocenters. The van der Waals surface area contributed by atoms with Gasteiger partial charge in [0.2, 0.25) is 0 Å². The highest BCUT2D eigenvalue weighted by atomic mass is 32.1. The van der Waals surface area contributed by atoms with Gasteiger partial charge in [0.25, 0.3) is 5.91 Å². The second kappa shape index (κ2) is 6.50. The lowest BCUT2D eigenvalue weighted by molar-refractivity contribution is 0.0942. The first kappa shape index (κ1) is 15.1. The van der Waals surface area contributed by atoms with Gasteiger partial charge < -0.3 is 15.0 Å². The van der Waals surface area contributed by atoms with Gasteiger partial charge in [0, 0.05) is 23.9 Å². The number of nitrogens with zero attached hydrogens (tertiary/aromatic N) is 1. The zero-order valence-corrected chi connectivity index (χ0v) is 13.7. The molecule has 0 fully saturated rings. The highest BCUT2D eigenvalue weighted by molar-refractivity contribution is 7.08. The fourth-order valence-corrected chi connectivity index (χ4v) is 3.33. The van der Waals surface area contributed by atoms with Crippen molar-refractivity contribution in [1.29, 1.82) is 0 Å². The summed E-state index contributed by atoms with van der Waals surface area (Å²) in [5.74, 6) is 0.973. The van der Waals surface area contributed by atoms with Crippen LogP contribution in [0, 0.1) is 0 Å². The van der Waals surface area contributed by atoms with E-state index in [-0.39, 0.29) is 11.9 Å². The van der Waals surface area contributed by atoms with Crippen molar-refractivity contribution in [3.05, 3.63) is 51.7 Å². The smallest absolute Gasteiger partial charge is 0.252 e. The molecule has 3 rings (SSSR count). The van der Waals surface area contributed by atoms with Gasteiger partial charge in [-0.25, -0.2) is 0 Å². The molecule has 2 heterocycles. The molecule has 4 nitrogen and oxygen atoms in total. The largest absolute Gasteiger partial charge is 0.493 e. The normalized spacial score (nSPS) is 14.5. The van der Waals surface area contributed by atoms with Crippen molar-refractivity contribution in [2.75, 3.05) is 27.2 Å². The minimum Gasteiger partial charge on any atom is -0.493 e. The Labute approximate surface area is 134 Å². The monoisotopic (exact) mass is 316 g/mol. The van der Waals surface area contributed by atoms with Crippen LogP contribution >= 0.6 is 11.3 Å². The molecule has 0 radical (unpaired) electrons. The number of nitrogens with one attached hydrogen (secondary N) is 1. The van der Waals surface area contributed by atoms with Crippen LogP contribution in [0.2, 0.25) is 0 Å². The standard InChI is InChI=1S/C17H20N2O2S/c1-19(2)15(10-18-17(20)14-6-8-22-11-14)12-3-4-16-13(9-12)5-7-21-16/h3-4,6,8-9,11,15H,5,7,10H2,1-2H3,(H,18,20)/t15-/m1/s1. The molecule has 0 saturated heterocycles. The van der Waals surface area contributed by atoms with Crippen LogP contribution in [-0.4, -0.2) is 38.1 Å². The van der Waals surface area contributed by atoms with Crippen molar-refractivity contribution >= 4 is 17.2 Å². The minimum absolute atomic E-state index is 0.0161. The Hall–Kier alpha value is -1.85. The van der Waals surface area contributed by atoms with Crippen LogP contribution < -0.4 is 10.1 Å². The van der Waals surface area contributed by atoms with Crippen molar-refractivity contribution in [2.45, 2.75) is 12.5 Å². The number of amides is 1. The molecule has 22 heavy (non-hydrogen) atoms. The summed E-state index contributed by atoms with van der Waals surface area (Å²) < 4.78 is 5.56. The Morgan fingerprint density at radius 3 is 3.00 bits per heavy atom.